The van der Waals surface area contributed by atoms with Crippen LogP contribution in [0.3, 0.4) is 0 Å². The van der Waals surface area contributed by atoms with Crippen LogP contribution in [0.2, 0.25) is 5.02 Å². The summed E-state index contributed by atoms with van der Waals surface area (Å²) in [6.07, 6.45) is 5.32. The topological polar surface area (TPSA) is 30.7 Å². The Hall–Kier alpha value is -1.61. The first-order valence-corrected chi connectivity index (χ1v) is 7.07. The standard InChI is InChI=1S/C16H20ClN3/c1-12(13-5-7-14(17)8-6-13)15(16(2,3)4)9-20-11-18-10-19-20/h5-12H,1-4H3. The molecule has 3 nitrogen and oxygen atoms in total. The Morgan fingerprint density at radius 3 is 2.40 bits per heavy atom. The van der Waals surface area contributed by atoms with Crippen LogP contribution < -0.4 is 0 Å². The highest BCUT2D eigenvalue weighted by atomic mass is 35.5. The largest absolute Gasteiger partial charge is 0.228 e. The summed E-state index contributed by atoms with van der Waals surface area (Å²) < 4.78 is 1.76. The summed E-state index contributed by atoms with van der Waals surface area (Å²) in [5.74, 6) is 0.288. The molecule has 0 saturated carbocycles. The van der Waals surface area contributed by atoms with E-state index in [1.54, 1.807) is 17.3 Å². The van der Waals surface area contributed by atoms with Gasteiger partial charge in [-0.15, -0.1) is 0 Å². The molecular formula is C16H20ClN3. The normalized spacial score (nSPS) is 14.3. The molecule has 0 aliphatic rings. The summed E-state index contributed by atoms with van der Waals surface area (Å²) >= 11 is 5.96. The SMILES string of the molecule is CC(C(=Cn1cncn1)C(C)(C)C)c1ccc(Cl)cc1. The Morgan fingerprint density at radius 1 is 1.25 bits per heavy atom. The molecule has 1 heterocycles. The number of nitrogens with zero attached hydrogens (tertiary/aromatic N) is 3. The molecule has 1 aromatic heterocycles. The molecule has 0 aliphatic heterocycles. The third-order valence-corrected chi connectivity index (χ3v) is 3.66. The van der Waals surface area contributed by atoms with Gasteiger partial charge in [-0.25, -0.2) is 9.67 Å². The van der Waals surface area contributed by atoms with E-state index in [4.69, 9.17) is 11.6 Å². The van der Waals surface area contributed by atoms with E-state index in [1.807, 2.05) is 12.1 Å². The average Bonchev–Trinajstić information content (AvgIpc) is 2.87. The van der Waals surface area contributed by atoms with Crippen molar-refractivity contribution in [3.8, 4) is 0 Å². The molecule has 0 spiro atoms. The number of rotatable bonds is 3. The second-order valence-electron chi connectivity index (χ2n) is 5.98. The van der Waals surface area contributed by atoms with Gasteiger partial charge in [-0.1, -0.05) is 51.4 Å². The minimum Gasteiger partial charge on any atom is -0.228 e. The van der Waals surface area contributed by atoms with Gasteiger partial charge in [0.05, 0.1) is 0 Å². The zero-order valence-corrected chi connectivity index (χ0v) is 13.1. The van der Waals surface area contributed by atoms with Crippen LogP contribution in [0, 0.1) is 5.41 Å². The molecular weight excluding hydrogens is 270 g/mol. The van der Waals surface area contributed by atoms with E-state index in [2.05, 4.69) is 56.1 Å². The van der Waals surface area contributed by atoms with Gasteiger partial charge in [-0.2, -0.15) is 5.10 Å². The van der Waals surface area contributed by atoms with E-state index < -0.39 is 0 Å². The Labute approximate surface area is 125 Å². The van der Waals surface area contributed by atoms with Gasteiger partial charge in [0.15, 0.2) is 0 Å². The smallest absolute Gasteiger partial charge is 0.138 e. The Bertz CT molecular complexity index is 577. The maximum Gasteiger partial charge on any atom is 0.138 e. The van der Waals surface area contributed by atoms with Crippen molar-refractivity contribution in [1.29, 1.82) is 0 Å². The third kappa shape index (κ3) is 3.48. The maximum atomic E-state index is 5.96. The minimum absolute atomic E-state index is 0.0466. The molecule has 1 unspecified atom stereocenters. The second kappa shape index (κ2) is 5.80. The lowest BCUT2D eigenvalue weighted by atomic mass is 9.77. The lowest BCUT2D eigenvalue weighted by Gasteiger charge is -2.28. The lowest BCUT2D eigenvalue weighted by molar-refractivity contribution is 0.472. The van der Waals surface area contributed by atoms with Crippen LogP contribution in [0.15, 0.2) is 42.5 Å². The van der Waals surface area contributed by atoms with Crippen molar-refractivity contribution in [3.05, 3.63) is 53.1 Å². The first-order chi connectivity index (χ1) is 9.38. The van der Waals surface area contributed by atoms with Crippen molar-refractivity contribution in [2.24, 2.45) is 5.41 Å². The number of allylic oxidation sites excluding steroid dienone is 1. The fraction of sp³-hybridized carbons (Fsp3) is 0.375. The summed E-state index contributed by atoms with van der Waals surface area (Å²) in [4.78, 5) is 3.99. The van der Waals surface area contributed by atoms with Gasteiger partial charge in [0.2, 0.25) is 0 Å². The van der Waals surface area contributed by atoms with E-state index in [0.717, 1.165) is 5.02 Å². The van der Waals surface area contributed by atoms with Crippen LogP contribution in [0.4, 0.5) is 0 Å². The lowest BCUT2D eigenvalue weighted by Crippen LogP contribution is -2.16. The van der Waals surface area contributed by atoms with E-state index in [0.29, 0.717) is 0 Å². The van der Waals surface area contributed by atoms with Gasteiger partial charge in [0, 0.05) is 17.1 Å². The van der Waals surface area contributed by atoms with Crippen molar-refractivity contribution in [3.63, 3.8) is 0 Å². The number of halogens is 1. The van der Waals surface area contributed by atoms with Crippen molar-refractivity contribution in [1.82, 2.24) is 14.8 Å². The predicted molar refractivity (Wildman–Crippen MR) is 83.6 cm³/mol. The molecule has 0 N–H and O–H groups in total. The number of aromatic nitrogens is 3. The molecule has 20 heavy (non-hydrogen) atoms. The van der Waals surface area contributed by atoms with Gasteiger partial charge in [0.1, 0.15) is 12.7 Å². The van der Waals surface area contributed by atoms with E-state index in [1.165, 1.54) is 11.1 Å². The van der Waals surface area contributed by atoms with Crippen LogP contribution in [-0.2, 0) is 0 Å². The maximum absolute atomic E-state index is 5.96. The highest BCUT2D eigenvalue weighted by molar-refractivity contribution is 6.30. The number of benzene rings is 1. The molecule has 106 valence electrons. The summed E-state index contributed by atoms with van der Waals surface area (Å²) in [6, 6.07) is 8.02. The molecule has 1 atom stereocenters. The fourth-order valence-electron chi connectivity index (χ4n) is 2.31. The molecule has 0 fully saturated rings. The highest BCUT2D eigenvalue weighted by Gasteiger charge is 2.24. The molecule has 2 aromatic rings. The molecule has 0 aliphatic carbocycles. The first kappa shape index (κ1) is 14.8. The Kier molecular flexibility index (Phi) is 4.29. The summed E-state index contributed by atoms with van der Waals surface area (Å²) in [5, 5.41) is 4.93. The van der Waals surface area contributed by atoms with Gasteiger partial charge >= 0.3 is 0 Å². The molecule has 0 radical (unpaired) electrons. The van der Waals surface area contributed by atoms with E-state index >= 15 is 0 Å². The van der Waals surface area contributed by atoms with Crippen molar-refractivity contribution in [2.75, 3.05) is 0 Å². The van der Waals surface area contributed by atoms with E-state index in [-0.39, 0.29) is 11.3 Å². The van der Waals surface area contributed by atoms with E-state index in [9.17, 15) is 0 Å². The Balaban J connectivity index is 2.39. The molecule has 0 bridgehead atoms. The van der Waals surface area contributed by atoms with Crippen molar-refractivity contribution >= 4 is 17.8 Å². The minimum atomic E-state index is 0.0466. The Morgan fingerprint density at radius 2 is 1.90 bits per heavy atom. The molecule has 2 rings (SSSR count). The van der Waals surface area contributed by atoms with Crippen LogP contribution in [-0.4, -0.2) is 14.8 Å². The quantitative estimate of drug-likeness (QED) is 0.825. The van der Waals surface area contributed by atoms with Crippen molar-refractivity contribution < 1.29 is 0 Å². The third-order valence-electron chi connectivity index (χ3n) is 3.41. The van der Waals surface area contributed by atoms with Gasteiger partial charge < -0.3 is 0 Å². The summed E-state index contributed by atoms with van der Waals surface area (Å²) in [5.41, 5.74) is 2.59. The van der Waals surface area contributed by atoms with Crippen LogP contribution in [0.5, 0.6) is 0 Å². The number of hydrogen-bond donors (Lipinski definition) is 0. The molecule has 0 amide bonds. The predicted octanol–water partition coefficient (Wildman–Crippen LogP) is 4.62. The molecule has 1 aromatic carbocycles. The van der Waals surface area contributed by atoms with Gasteiger partial charge in [-0.3, -0.25) is 0 Å². The van der Waals surface area contributed by atoms with Crippen molar-refractivity contribution in [2.45, 2.75) is 33.6 Å². The average molecular weight is 290 g/mol. The summed E-state index contributed by atoms with van der Waals surface area (Å²) in [7, 11) is 0. The van der Waals surface area contributed by atoms with Gasteiger partial charge in [0.25, 0.3) is 0 Å². The highest BCUT2D eigenvalue weighted by Crippen LogP contribution is 2.37. The zero-order valence-electron chi connectivity index (χ0n) is 12.3. The van der Waals surface area contributed by atoms with Crippen LogP contribution in [0.1, 0.15) is 39.2 Å². The van der Waals surface area contributed by atoms with Crippen LogP contribution in [0.25, 0.3) is 6.20 Å². The fourth-order valence-corrected chi connectivity index (χ4v) is 2.44. The first-order valence-electron chi connectivity index (χ1n) is 6.69. The monoisotopic (exact) mass is 289 g/mol. The van der Waals surface area contributed by atoms with Crippen LogP contribution >= 0.6 is 11.6 Å². The number of hydrogen-bond acceptors (Lipinski definition) is 2. The van der Waals surface area contributed by atoms with Gasteiger partial charge in [-0.05, 0) is 28.7 Å². The molecule has 0 saturated heterocycles. The second-order valence-corrected chi connectivity index (χ2v) is 6.42. The summed E-state index contributed by atoms with van der Waals surface area (Å²) in [6.45, 7) is 8.84. The molecule has 4 heteroatoms. The zero-order chi connectivity index (χ0) is 14.8.